The predicted octanol–water partition coefficient (Wildman–Crippen LogP) is 7.28. The number of piperidine rings is 1. The minimum atomic E-state index is -0.817. The summed E-state index contributed by atoms with van der Waals surface area (Å²) >= 11 is 1.59. The van der Waals surface area contributed by atoms with Gasteiger partial charge in [-0.05, 0) is 80.8 Å². The van der Waals surface area contributed by atoms with Crippen LogP contribution in [0.15, 0.2) is 89.0 Å². The zero-order valence-electron chi connectivity index (χ0n) is 42.3. The highest BCUT2D eigenvalue weighted by molar-refractivity contribution is 7.13. The van der Waals surface area contributed by atoms with Crippen molar-refractivity contribution in [1.29, 1.82) is 0 Å². The van der Waals surface area contributed by atoms with Crippen LogP contribution in [0.5, 0.6) is 11.6 Å². The minimum Gasteiger partial charge on any atom is -0.507 e. The van der Waals surface area contributed by atoms with Gasteiger partial charge in [0.1, 0.15) is 23.8 Å². The fourth-order valence-electron chi connectivity index (χ4n) is 11.7. The molecule has 2 bridgehead atoms. The second kappa shape index (κ2) is 20.8. The Morgan fingerprint density at radius 2 is 1.62 bits per heavy atom. The number of piperazine rings is 1. The van der Waals surface area contributed by atoms with E-state index in [1.54, 1.807) is 23.5 Å². The standard InChI is InChI=1S/C55H65N11O7S/c1-31(2)51(55(70)65-29-39(67)22-46(65)54(69)59-32(3)34-9-11-35(12-10-34)52-33(4)58-30-74-52)48-26-49(62-73-48)63-19-16-40(17-20-63)71-41-23-42(24-41)72-50-21-36(15-18-57-50)66-37-13-14-38(66)28-64(27-37)45-25-44(60-61-53(45)56)43-7-5-6-8-47(43)68/h5-12,15,18,21,25-26,30-32,37-42,46,51,67-68H,13-14,16-17,19-20,22-24,27-29H2,1-4H3,(H2,56,61)(H,59,69)/t32-,37?,38?,39+,41-,42-,46-,51-/m0/s1. The number of aliphatic hydroxyl groups is 1. The Balaban J connectivity index is 0.642. The summed E-state index contributed by atoms with van der Waals surface area (Å²) in [5.74, 6) is 0.888. The number of phenols is 1. The molecule has 18 nitrogen and oxygen atoms in total. The summed E-state index contributed by atoms with van der Waals surface area (Å²) in [6, 6.07) is 22.6. The van der Waals surface area contributed by atoms with Crippen LogP contribution in [0.1, 0.15) is 94.7 Å². The van der Waals surface area contributed by atoms with E-state index in [9.17, 15) is 19.8 Å². The maximum absolute atomic E-state index is 14.4. The van der Waals surface area contributed by atoms with Crippen molar-refractivity contribution in [2.75, 3.05) is 53.2 Å². The SMILES string of the molecule is Cc1ncsc1-c1ccc([C@H](C)NC(=O)[C@@H]2C[C@@H](O)CN2C(=O)[C@H](c2cc(N3CCC(O[C@H]4C[C@H](Oc5cc(N6C7CCC6CN(c6cc(-c8ccccc8O)nnc6N)C7)ccn5)C4)CC3)no2)C(C)C)cc1. The molecule has 19 heteroatoms. The topological polar surface area (TPSA) is 222 Å². The molecule has 11 rings (SSSR count). The zero-order chi connectivity index (χ0) is 51.2. The lowest BCUT2D eigenvalue weighted by Crippen LogP contribution is -2.54. The normalized spacial score (nSPS) is 23.8. The number of hydrogen-bond acceptors (Lipinski definition) is 17. The lowest BCUT2D eigenvalue weighted by atomic mass is 9.91. The summed E-state index contributed by atoms with van der Waals surface area (Å²) in [5, 5.41) is 37.3. The molecule has 6 aromatic rings. The number of anilines is 4. The van der Waals surface area contributed by atoms with Crippen molar-refractivity contribution in [2.45, 2.75) is 127 Å². The Morgan fingerprint density at radius 1 is 0.865 bits per heavy atom. The van der Waals surface area contributed by atoms with Gasteiger partial charge in [-0.3, -0.25) is 9.59 Å². The molecule has 4 saturated heterocycles. The molecule has 5 fully saturated rings. The smallest absolute Gasteiger partial charge is 0.243 e. The predicted molar refractivity (Wildman–Crippen MR) is 282 cm³/mol. The molecule has 2 unspecified atom stereocenters. The van der Waals surface area contributed by atoms with Crippen LogP contribution in [0.2, 0.25) is 0 Å². The van der Waals surface area contributed by atoms with E-state index in [2.05, 4.69) is 57.5 Å². The third-order valence-corrected chi connectivity index (χ3v) is 16.7. The highest BCUT2D eigenvalue weighted by atomic mass is 32.1. The number of likely N-dealkylation sites (tertiary alicyclic amines) is 1. The lowest BCUT2D eigenvalue weighted by Gasteiger charge is -2.43. The van der Waals surface area contributed by atoms with Crippen LogP contribution in [0.3, 0.4) is 0 Å². The number of nitrogens with two attached hydrogens (primary N) is 1. The van der Waals surface area contributed by atoms with E-state index in [0.717, 1.165) is 97.8 Å². The van der Waals surface area contributed by atoms with Gasteiger partial charge in [-0.1, -0.05) is 55.4 Å². The van der Waals surface area contributed by atoms with E-state index >= 15 is 0 Å². The number of rotatable bonds is 15. The molecule has 0 spiro atoms. The lowest BCUT2D eigenvalue weighted by molar-refractivity contribution is -0.141. The van der Waals surface area contributed by atoms with Crippen molar-refractivity contribution in [1.82, 2.24) is 35.5 Å². The number of fused-ring (bicyclic) bond motifs is 2. The number of benzene rings is 2. The van der Waals surface area contributed by atoms with E-state index < -0.39 is 18.1 Å². The Hall–Kier alpha value is -6.83. The van der Waals surface area contributed by atoms with Crippen molar-refractivity contribution in [3.63, 3.8) is 0 Å². The average molecular weight is 1020 g/mol. The molecule has 2 amide bonds. The second-order valence-corrected chi connectivity index (χ2v) is 21.9. The van der Waals surface area contributed by atoms with Crippen LogP contribution in [-0.2, 0) is 14.3 Å². The highest BCUT2D eigenvalue weighted by Crippen LogP contribution is 2.41. The van der Waals surface area contributed by atoms with E-state index in [0.29, 0.717) is 34.5 Å². The van der Waals surface area contributed by atoms with Crippen molar-refractivity contribution >= 4 is 46.2 Å². The quantitative estimate of drug-likeness (QED) is 0.0794. The Bertz CT molecular complexity index is 2940. The molecule has 2 aromatic carbocycles. The number of para-hydroxylation sites is 1. The molecule has 388 valence electrons. The first kappa shape index (κ1) is 49.4. The molecular formula is C55H65N11O7S. The number of aliphatic hydroxyl groups excluding tert-OH is 1. The van der Waals surface area contributed by atoms with Crippen LogP contribution in [0, 0.1) is 12.8 Å². The van der Waals surface area contributed by atoms with Crippen LogP contribution in [-0.4, -0.2) is 128 Å². The van der Waals surface area contributed by atoms with Gasteiger partial charge in [0.2, 0.25) is 17.7 Å². The van der Waals surface area contributed by atoms with Crippen LogP contribution in [0.25, 0.3) is 21.7 Å². The summed E-state index contributed by atoms with van der Waals surface area (Å²) in [5.41, 5.74) is 14.4. The molecule has 6 atom stereocenters. The van der Waals surface area contributed by atoms with Crippen LogP contribution >= 0.6 is 11.3 Å². The van der Waals surface area contributed by atoms with Gasteiger partial charge in [-0.25, -0.2) is 9.97 Å². The van der Waals surface area contributed by atoms with Gasteiger partial charge < -0.3 is 54.9 Å². The fraction of sp³-hybridized carbons (Fsp3) is 0.473. The van der Waals surface area contributed by atoms with E-state index in [1.165, 1.54) is 4.90 Å². The molecule has 1 saturated carbocycles. The number of carbonyl (C=O) groups is 2. The highest BCUT2D eigenvalue weighted by Gasteiger charge is 2.45. The van der Waals surface area contributed by atoms with Gasteiger partial charge in [0.15, 0.2) is 17.4 Å². The maximum atomic E-state index is 14.4. The zero-order valence-corrected chi connectivity index (χ0v) is 43.1. The third-order valence-electron chi connectivity index (χ3n) is 15.7. The Morgan fingerprint density at radius 3 is 2.34 bits per heavy atom. The van der Waals surface area contributed by atoms with Gasteiger partial charge >= 0.3 is 0 Å². The largest absolute Gasteiger partial charge is 0.507 e. The number of pyridine rings is 1. The maximum Gasteiger partial charge on any atom is 0.243 e. The fourth-order valence-corrected chi connectivity index (χ4v) is 12.5. The molecule has 5 aliphatic rings. The monoisotopic (exact) mass is 1020 g/mol. The van der Waals surface area contributed by atoms with Gasteiger partial charge in [0.25, 0.3) is 0 Å². The molecule has 4 aliphatic heterocycles. The molecule has 74 heavy (non-hydrogen) atoms. The summed E-state index contributed by atoms with van der Waals surface area (Å²) in [6.07, 6.45) is 6.82. The van der Waals surface area contributed by atoms with Crippen LogP contribution in [0.4, 0.5) is 23.0 Å². The Kier molecular flexibility index (Phi) is 13.9. The summed E-state index contributed by atoms with van der Waals surface area (Å²) in [6.45, 7) is 10.9. The first-order valence-electron chi connectivity index (χ1n) is 26.1. The summed E-state index contributed by atoms with van der Waals surface area (Å²) in [4.78, 5) is 46.8. The van der Waals surface area contributed by atoms with Crippen molar-refractivity contribution in [3.05, 3.63) is 102 Å². The number of thiazole rings is 1. The molecule has 1 aliphatic carbocycles. The van der Waals surface area contributed by atoms with Crippen molar-refractivity contribution < 1.29 is 33.8 Å². The molecule has 5 N–H and O–H groups in total. The number of nitrogens with zero attached hydrogens (tertiary/aromatic N) is 9. The van der Waals surface area contributed by atoms with E-state index in [-0.39, 0.29) is 72.9 Å². The Labute approximate surface area is 434 Å². The number of nitrogen functional groups attached to an aromatic ring is 1. The number of nitrogens with one attached hydrogen (secondary N) is 1. The number of phenolic OH excluding ortho intramolecular Hbond substituents is 1. The number of aromatic nitrogens is 5. The number of β-amino-alcohol motifs (C(OH)–C–C–N with tert-alkyl or cyclic N) is 1. The molecule has 4 aromatic heterocycles. The minimum absolute atomic E-state index is 0.0293. The molecule has 0 radical (unpaired) electrons. The van der Waals surface area contributed by atoms with Gasteiger partial charge in [0, 0.05) is 93.7 Å². The summed E-state index contributed by atoms with van der Waals surface area (Å²) < 4.78 is 18.9. The van der Waals surface area contributed by atoms with Gasteiger partial charge in [-0.2, -0.15) is 0 Å². The number of aryl methyl sites for hydroxylation is 1. The number of ether oxygens (including phenoxy) is 2. The van der Waals surface area contributed by atoms with Gasteiger partial charge in [0.05, 0.1) is 51.8 Å². The van der Waals surface area contributed by atoms with Gasteiger partial charge in [-0.15, -0.1) is 21.5 Å². The molecule has 8 heterocycles. The average Bonchev–Trinajstić information content (AvgIpc) is 4.20. The van der Waals surface area contributed by atoms with E-state index in [1.807, 2.05) is 87.9 Å². The number of amides is 2. The van der Waals surface area contributed by atoms with Crippen LogP contribution < -0.4 is 30.5 Å². The van der Waals surface area contributed by atoms with E-state index in [4.69, 9.17) is 19.7 Å². The second-order valence-electron chi connectivity index (χ2n) is 21.0. The number of carbonyl (C=O) groups excluding carboxylic acids is 2. The first-order valence-corrected chi connectivity index (χ1v) is 26.9. The van der Waals surface area contributed by atoms with Crippen molar-refractivity contribution in [2.24, 2.45) is 5.92 Å². The summed E-state index contributed by atoms with van der Waals surface area (Å²) in [7, 11) is 0. The third kappa shape index (κ3) is 10.1. The number of hydrogen-bond donors (Lipinski definition) is 4. The molecular weight excluding hydrogens is 959 g/mol. The first-order chi connectivity index (χ1) is 35.8. The van der Waals surface area contributed by atoms with Crippen molar-refractivity contribution in [3.8, 4) is 33.3 Å². The number of aromatic hydroxyl groups is 1.